The maximum Gasteiger partial charge on any atom is 0.312 e. The van der Waals surface area contributed by atoms with Gasteiger partial charge in [0, 0.05) is 133 Å². The van der Waals surface area contributed by atoms with E-state index in [0.717, 1.165) is 60.0 Å². The van der Waals surface area contributed by atoms with Gasteiger partial charge in [-0.05, 0) is 151 Å². The standard InChI is InChI=1S/C90H126N8O15/c1-60(2)73(56-72(100)46-50-113-52-51-112-49-26-35-71(99)34-23-39-82(104)98-59-68-33-20-19-29-65(68)42-43-66-30-21-22-37-76(66)98)87(107)94-75(36-24-47-92-89(91)109)79(102)54-64-40-44-70(45-41-64)93-86(106)69(53-63-27-15-13-16-28-63)55-78(101)62(5)85(111-12)77-38-25-48-97(77)83(105)58-80(110-11)84(67-31-17-14-18-32-67)96(10)88(108)74(61(3)4)57-81(103)90(6,7)95(8)9/h13,15-16,19-22,27-30,33,37,40-41,44-45,60-62,67,69,73-75,77,80,84-85H,14,17-18,23-26,31-32,34-36,38-39,46-59H2,1-12H3,(H,93,106)(H,94,107)(H3,91,92,109)/t62-,69+,73-,74-,75?,77-,80+,84-,85+/m0/s1. The van der Waals surface area contributed by atoms with Gasteiger partial charge in [0.05, 0.1) is 74.3 Å². The Bertz CT molecular complexity index is 3880. The number of hydrogen-bond acceptors (Lipinski definition) is 16. The zero-order valence-corrected chi connectivity index (χ0v) is 69.0. The largest absolute Gasteiger partial charge is 0.379 e. The van der Waals surface area contributed by atoms with Crippen molar-refractivity contribution in [2.45, 2.75) is 226 Å². The number of nitrogens with two attached hydrogens (primary N) is 1. The van der Waals surface area contributed by atoms with Crippen LogP contribution in [-0.4, -0.2) is 190 Å². The predicted molar refractivity (Wildman–Crippen MR) is 437 cm³/mol. The van der Waals surface area contributed by atoms with Crippen LogP contribution in [0.4, 0.5) is 16.2 Å². The number of carbonyl (C=O) groups is 11. The fraction of sp³-hybridized carbons (Fsp3) is 0.589. The van der Waals surface area contributed by atoms with Gasteiger partial charge >= 0.3 is 6.03 Å². The molecule has 1 saturated carbocycles. The maximum absolute atomic E-state index is 14.9. The summed E-state index contributed by atoms with van der Waals surface area (Å²) in [5.41, 5.74) is 9.82. The Balaban J connectivity index is 0.883. The van der Waals surface area contributed by atoms with Crippen molar-refractivity contribution in [3.63, 3.8) is 0 Å². The Kier molecular flexibility index (Phi) is 37.2. The lowest BCUT2D eigenvalue weighted by Crippen LogP contribution is -2.55. The van der Waals surface area contributed by atoms with Crippen LogP contribution in [0.5, 0.6) is 0 Å². The van der Waals surface area contributed by atoms with Gasteiger partial charge in [0.1, 0.15) is 17.3 Å². The Labute approximate surface area is 670 Å². The molecule has 0 aromatic heterocycles. The third-order valence-corrected chi connectivity index (χ3v) is 23.3. The Morgan fingerprint density at radius 1 is 0.611 bits per heavy atom. The summed E-state index contributed by atoms with van der Waals surface area (Å²) in [5.74, 6) is 1.32. The van der Waals surface area contributed by atoms with Gasteiger partial charge in [-0.1, -0.05) is 139 Å². The van der Waals surface area contributed by atoms with E-state index in [-0.39, 0.29) is 155 Å². The van der Waals surface area contributed by atoms with Gasteiger partial charge in [-0.3, -0.25) is 52.8 Å². The second kappa shape index (κ2) is 45.9. The minimum atomic E-state index is -0.986. The number of fused-ring (bicyclic) bond motifs is 2. The van der Waals surface area contributed by atoms with Gasteiger partial charge in [-0.15, -0.1) is 0 Å². The van der Waals surface area contributed by atoms with Crippen molar-refractivity contribution in [1.29, 1.82) is 0 Å². The van der Waals surface area contributed by atoms with E-state index in [0.29, 0.717) is 69.5 Å². The van der Waals surface area contributed by atoms with E-state index < -0.39 is 77.4 Å². The molecule has 2 fully saturated rings. The van der Waals surface area contributed by atoms with Crippen LogP contribution in [0.3, 0.4) is 0 Å². The molecule has 23 heteroatoms. The summed E-state index contributed by atoms with van der Waals surface area (Å²) in [6.45, 7) is 15.0. The molecule has 0 bridgehead atoms. The maximum atomic E-state index is 14.9. The lowest BCUT2D eigenvalue weighted by molar-refractivity contribution is -0.150. The normalized spacial score (nSPS) is 16.5. The third kappa shape index (κ3) is 27.7. The predicted octanol–water partition coefficient (Wildman–Crippen LogP) is 11.6. The molecule has 3 aliphatic rings. The highest BCUT2D eigenvalue weighted by Crippen LogP contribution is 2.37. The number of primary amides is 1. The first-order chi connectivity index (χ1) is 54.0. The summed E-state index contributed by atoms with van der Waals surface area (Å²) in [6.07, 6.45) is 7.03. The number of anilines is 2. The van der Waals surface area contributed by atoms with Crippen LogP contribution >= 0.6 is 0 Å². The molecule has 7 amide bonds. The number of nitrogens with one attached hydrogen (secondary N) is 3. The van der Waals surface area contributed by atoms with Gasteiger partial charge in [0.2, 0.25) is 29.5 Å². The average molecular weight is 1560 g/mol. The van der Waals surface area contributed by atoms with E-state index in [2.05, 4.69) is 27.8 Å². The van der Waals surface area contributed by atoms with E-state index in [1.54, 1.807) is 62.3 Å². The van der Waals surface area contributed by atoms with Crippen LogP contribution in [0.2, 0.25) is 0 Å². The number of likely N-dealkylation sites (N-methyl/N-ethyl adjacent to an activating group) is 2. The van der Waals surface area contributed by atoms with Crippen LogP contribution in [0.1, 0.15) is 198 Å². The molecule has 23 nitrogen and oxygen atoms in total. The quantitative estimate of drug-likeness (QED) is 0.0236. The van der Waals surface area contributed by atoms with Gasteiger partial charge < -0.3 is 55.3 Å². The van der Waals surface area contributed by atoms with Crippen molar-refractivity contribution < 1.29 is 71.7 Å². The number of ketones is 5. The van der Waals surface area contributed by atoms with E-state index in [9.17, 15) is 52.7 Å². The minimum Gasteiger partial charge on any atom is -0.379 e. The van der Waals surface area contributed by atoms with Crippen LogP contribution in [-0.2, 0) is 86.3 Å². The van der Waals surface area contributed by atoms with Crippen LogP contribution < -0.4 is 26.6 Å². The van der Waals surface area contributed by atoms with Crippen LogP contribution in [0.15, 0.2) is 103 Å². The second-order valence-electron chi connectivity index (χ2n) is 32.4. The number of rotatable bonds is 48. The molecule has 1 saturated heterocycles. The number of para-hydroxylation sites is 1. The first-order valence-corrected chi connectivity index (χ1v) is 40.9. The number of Topliss-reactive ketones (excluding diaryl/α,β-unsaturated/α-hetero) is 5. The van der Waals surface area contributed by atoms with Crippen molar-refractivity contribution >= 4 is 75.9 Å². The first-order valence-electron chi connectivity index (χ1n) is 40.9. The van der Waals surface area contributed by atoms with Gasteiger partial charge in [0.25, 0.3) is 0 Å². The van der Waals surface area contributed by atoms with Gasteiger partial charge in [-0.25, -0.2) is 4.79 Å². The van der Waals surface area contributed by atoms with Crippen molar-refractivity contribution in [3.8, 4) is 11.8 Å². The van der Waals surface area contributed by atoms with Crippen molar-refractivity contribution in [3.05, 3.63) is 131 Å². The smallest absolute Gasteiger partial charge is 0.312 e. The Morgan fingerprint density at radius 3 is 1.92 bits per heavy atom. The number of nitrogens with zero attached hydrogens (tertiary/aromatic N) is 4. The summed E-state index contributed by atoms with van der Waals surface area (Å²) in [7, 11) is 8.65. The van der Waals surface area contributed by atoms with Crippen molar-refractivity contribution in [1.82, 2.24) is 25.3 Å². The van der Waals surface area contributed by atoms with Gasteiger partial charge in [-0.2, -0.15) is 0 Å². The number of benzene rings is 4. The molecular weight excluding hydrogens is 1430 g/mol. The Morgan fingerprint density at radius 2 is 1.26 bits per heavy atom. The van der Waals surface area contributed by atoms with Crippen LogP contribution in [0.25, 0.3) is 0 Å². The summed E-state index contributed by atoms with van der Waals surface area (Å²) in [6, 6.07) is 29.0. The third-order valence-electron chi connectivity index (χ3n) is 23.3. The molecule has 1 unspecified atom stereocenters. The SMILES string of the molecule is CO[C@H]([C@@H](C)C(=O)C[C@@H](Cc1ccccc1)C(=O)Nc1ccc(CC(=O)C(CCCNC(N)=O)NC(=O)[C@@H](CC(=O)CCOCCOCCCC(=O)CCCC(=O)N2Cc3ccccc3C#Cc3ccccc32)C(C)C)cc1)[C@@H]1CCCN1C(=O)C[C@@H](OC)[C@H](C1CCCCC1)N(C)C(=O)[C@@H](CC(=O)C(C)(C)N(C)C)C(C)C. The first kappa shape index (κ1) is 91.4. The number of hydrogen-bond donors (Lipinski definition) is 4. The molecule has 9 atom stereocenters. The second-order valence-corrected chi connectivity index (χ2v) is 32.4. The molecule has 0 spiro atoms. The number of methoxy groups -OCH3 is 2. The summed E-state index contributed by atoms with van der Waals surface area (Å²) in [5, 5.41) is 8.46. The fourth-order valence-corrected chi connectivity index (χ4v) is 15.7. The lowest BCUT2D eigenvalue weighted by Gasteiger charge is -2.43. The average Bonchev–Trinajstić information content (AvgIpc) is 1.79. The number of carbonyl (C=O) groups excluding carboxylic acids is 11. The van der Waals surface area contributed by atoms with Crippen molar-refractivity contribution in [2.24, 2.45) is 47.2 Å². The topological polar surface area (TPSA) is 300 Å². The summed E-state index contributed by atoms with van der Waals surface area (Å²) in [4.78, 5) is 160. The molecule has 1 aliphatic carbocycles. The highest BCUT2D eigenvalue weighted by molar-refractivity contribution is 5.98. The van der Waals surface area contributed by atoms with Crippen molar-refractivity contribution in [2.75, 3.05) is 85.1 Å². The number of amides is 7. The number of ether oxygens (including phenoxy) is 4. The summed E-state index contributed by atoms with van der Waals surface area (Å²) < 4.78 is 23.9. The molecule has 2 aliphatic heterocycles. The molecule has 113 heavy (non-hydrogen) atoms. The van der Waals surface area contributed by atoms with E-state index in [1.807, 2.05) is 144 Å². The fourth-order valence-electron chi connectivity index (χ4n) is 15.7. The minimum absolute atomic E-state index is 0.00523. The highest BCUT2D eigenvalue weighted by atomic mass is 16.5. The Hall–Kier alpha value is -8.79. The monoisotopic (exact) mass is 1560 g/mol. The zero-order chi connectivity index (χ0) is 82.3. The van der Waals surface area contributed by atoms with E-state index >= 15 is 0 Å². The summed E-state index contributed by atoms with van der Waals surface area (Å²) >= 11 is 0. The molecule has 2 heterocycles. The van der Waals surface area contributed by atoms with Crippen LogP contribution in [0, 0.1) is 53.3 Å². The molecule has 616 valence electrons. The van der Waals surface area contributed by atoms with E-state index in [4.69, 9.17) is 24.7 Å². The highest BCUT2D eigenvalue weighted by Gasteiger charge is 2.45. The molecule has 0 radical (unpaired) electrons. The number of likely N-dealkylation sites (tertiary alicyclic amines) is 1. The molecule has 4 aromatic rings. The molecule has 5 N–H and O–H groups in total. The molecule has 7 rings (SSSR count). The number of urea groups is 1. The zero-order valence-electron chi connectivity index (χ0n) is 69.0. The molecular formula is C90H126N8O15. The molecule has 4 aromatic carbocycles. The van der Waals surface area contributed by atoms with E-state index in [1.165, 1.54) is 0 Å². The van der Waals surface area contributed by atoms with Gasteiger partial charge in [0.15, 0.2) is 11.6 Å². The lowest BCUT2D eigenvalue weighted by atomic mass is 9.78.